The van der Waals surface area contributed by atoms with E-state index in [9.17, 15) is 14.7 Å². The third-order valence-electron chi connectivity index (χ3n) is 8.49. The molecule has 2 unspecified atom stereocenters. The van der Waals surface area contributed by atoms with Crippen LogP contribution in [0, 0.1) is 11.8 Å². The number of ether oxygens (including phenoxy) is 1. The summed E-state index contributed by atoms with van der Waals surface area (Å²) >= 11 is 0. The minimum absolute atomic E-state index is 0.0473. The summed E-state index contributed by atoms with van der Waals surface area (Å²) in [6.45, 7) is 0.906. The molecule has 4 saturated carbocycles. The molecule has 4 aliphatic carbocycles. The lowest BCUT2D eigenvalue weighted by Gasteiger charge is -2.61. The summed E-state index contributed by atoms with van der Waals surface area (Å²) in [6, 6.07) is 10.8. The number of carbonyl (C=O) groups is 2. The molecule has 9 heteroatoms. The van der Waals surface area contributed by atoms with Crippen LogP contribution in [-0.4, -0.2) is 57.3 Å². The molecule has 1 aliphatic heterocycles. The highest BCUT2D eigenvalue weighted by Crippen LogP contribution is 2.57. The van der Waals surface area contributed by atoms with E-state index in [0.29, 0.717) is 29.8 Å². The molecule has 0 radical (unpaired) electrons. The van der Waals surface area contributed by atoms with Gasteiger partial charge in [-0.1, -0.05) is 12.1 Å². The summed E-state index contributed by atoms with van der Waals surface area (Å²) in [5, 5.41) is 16.2. The molecule has 9 nitrogen and oxygen atoms in total. The van der Waals surface area contributed by atoms with Crippen molar-refractivity contribution in [3.63, 3.8) is 0 Å². The van der Waals surface area contributed by atoms with Crippen molar-refractivity contribution in [2.45, 2.75) is 68.5 Å². The molecule has 5 aliphatic rings. The molecule has 2 amide bonds. The Morgan fingerprint density at radius 1 is 1.06 bits per heavy atom. The lowest BCUT2D eigenvalue weighted by Crippen LogP contribution is -2.70. The molecule has 2 aromatic heterocycles. The molecule has 3 atom stereocenters. The van der Waals surface area contributed by atoms with E-state index in [2.05, 4.69) is 25.5 Å². The van der Waals surface area contributed by atoms with Crippen molar-refractivity contribution in [2.75, 3.05) is 18.1 Å². The Bertz CT molecular complexity index is 1130. The Kier molecular flexibility index (Phi) is 5.82. The zero-order chi connectivity index (χ0) is 24.8. The molecule has 36 heavy (non-hydrogen) atoms. The molecule has 0 spiro atoms. The zero-order valence-corrected chi connectivity index (χ0v) is 20.4. The number of rotatable bonds is 6. The fraction of sp³-hybridized carbons (Fsp3) is 0.556. The van der Waals surface area contributed by atoms with Gasteiger partial charge >= 0.3 is 6.09 Å². The highest BCUT2D eigenvalue weighted by Gasteiger charge is 2.59. The molecule has 3 N–H and O–H groups in total. The first-order valence-electron chi connectivity index (χ1n) is 13.0. The highest BCUT2D eigenvalue weighted by atomic mass is 16.6. The second kappa shape index (κ2) is 9.03. The van der Waals surface area contributed by atoms with Crippen LogP contribution in [0.3, 0.4) is 0 Å². The largest absolute Gasteiger partial charge is 0.414 e. The first kappa shape index (κ1) is 23.2. The third-order valence-corrected chi connectivity index (χ3v) is 8.49. The molecule has 2 aromatic rings. The number of carbonyl (C=O) groups excluding carboxylic acids is 2. The monoisotopic (exact) mass is 491 g/mol. The van der Waals surface area contributed by atoms with Gasteiger partial charge in [0, 0.05) is 29.9 Å². The smallest absolute Gasteiger partial charge is 0.394 e. The quantitative estimate of drug-likeness (QED) is 0.569. The van der Waals surface area contributed by atoms with E-state index in [1.165, 1.54) is 0 Å². The summed E-state index contributed by atoms with van der Waals surface area (Å²) in [6.07, 6.45) is 8.56. The number of aromatic nitrogens is 2. The average Bonchev–Trinajstić information content (AvgIpc) is 3.32. The van der Waals surface area contributed by atoms with Crippen LogP contribution in [0.2, 0.25) is 0 Å². The van der Waals surface area contributed by atoms with Crippen LogP contribution >= 0.6 is 0 Å². The number of aliphatic hydroxyl groups excluding tert-OH is 1. The predicted octanol–water partition coefficient (Wildman–Crippen LogP) is 3.05. The van der Waals surface area contributed by atoms with Gasteiger partial charge in [0.25, 0.3) is 5.91 Å². The van der Waals surface area contributed by atoms with Crippen LogP contribution in [0.4, 0.5) is 10.6 Å². The SMILES string of the molecule is O=C(NC12CC3CC(C1)CC(NC(=O)c1ccccn1)(C3)C2)Oc1cccc(N2CCC[C@H]2CO)n1. The molecule has 190 valence electrons. The summed E-state index contributed by atoms with van der Waals surface area (Å²) in [4.78, 5) is 36.9. The standard InChI is InChI=1S/C27H33N5O4/c33-16-20-5-4-10-32(20)22-7-3-8-23(29-22)36-25(35)31-27-14-18-11-19(15-27)13-26(12-18,17-27)30-24(34)21-6-1-2-9-28-21/h1-3,6-9,18-20,33H,4-5,10-17H2,(H,30,34)(H,31,35)/t18?,19?,20-,26?,27?/m0/s1. The van der Waals surface area contributed by atoms with Gasteiger partial charge in [0.15, 0.2) is 0 Å². The first-order valence-corrected chi connectivity index (χ1v) is 13.0. The maximum atomic E-state index is 13.1. The Balaban J connectivity index is 1.15. The van der Waals surface area contributed by atoms with Gasteiger partial charge in [-0.3, -0.25) is 9.78 Å². The van der Waals surface area contributed by atoms with Gasteiger partial charge in [-0.15, -0.1) is 0 Å². The van der Waals surface area contributed by atoms with E-state index < -0.39 is 11.6 Å². The maximum Gasteiger partial charge on any atom is 0.414 e. The Morgan fingerprint density at radius 2 is 1.83 bits per heavy atom. The minimum Gasteiger partial charge on any atom is -0.394 e. The number of anilines is 1. The van der Waals surface area contributed by atoms with E-state index in [1.54, 1.807) is 24.4 Å². The zero-order valence-electron chi connectivity index (χ0n) is 20.4. The van der Waals surface area contributed by atoms with E-state index in [0.717, 1.165) is 51.5 Å². The van der Waals surface area contributed by atoms with Gasteiger partial charge in [-0.25, -0.2) is 4.79 Å². The summed E-state index contributed by atoms with van der Waals surface area (Å²) in [7, 11) is 0. The minimum atomic E-state index is -0.507. The predicted molar refractivity (Wildman–Crippen MR) is 133 cm³/mol. The van der Waals surface area contributed by atoms with Crippen molar-refractivity contribution in [2.24, 2.45) is 11.8 Å². The number of aliphatic hydroxyl groups is 1. The fourth-order valence-electron chi connectivity index (χ4n) is 7.64. The van der Waals surface area contributed by atoms with E-state index >= 15 is 0 Å². The summed E-state index contributed by atoms with van der Waals surface area (Å²) < 4.78 is 5.66. The van der Waals surface area contributed by atoms with E-state index in [4.69, 9.17) is 4.74 Å². The number of nitrogens with zero attached hydrogens (tertiary/aromatic N) is 3. The maximum absolute atomic E-state index is 13.1. The van der Waals surface area contributed by atoms with Gasteiger partial charge in [0.1, 0.15) is 11.5 Å². The summed E-state index contributed by atoms with van der Waals surface area (Å²) in [5.74, 6) is 1.73. The van der Waals surface area contributed by atoms with E-state index in [-0.39, 0.29) is 30.0 Å². The van der Waals surface area contributed by atoms with Gasteiger partial charge in [0.05, 0.1) is 12.6 Å². The second-order valence-electron chi connectivity index (χ2n) is 11.2. The topological polar surface area (TPSA) is 117 Å². The van der Waals surface area contributed by atoms with Gasteiger partial charge in [-0.05, 0) is 81.4 Å². The molecule has 7 rings (SSSR count). The van der Waals surface area contributed by atoms with Crippen molar-refractivity contribution in [1.82, 2.24) is 20.6 Å². The molecule has 3 heterocycles. The van der Waals surface area contributed by atoms with Crippen molar-refractivity contribution in [1.29, 1.82) is 0 Å². The fourth-order valence-corrected chi connectivity index (χ4v) is 7.64. The van der Waals surface area contributed by atoms with Crippen LogP contribution in [-0.2, 0) is 0 Å². The van der Waals surface area contributed by atoms with Crippen molar-refractivity contribution in [3.8, 4) is 5.88 Å². The van der Waals surface area contributed by atoms with E-state index in [1.807, 2.05) is 18.2 Å². The van der Waals surface area contributed by atoms with Crippen molar-refractivity contribution < 1.29 is 19.4 Å². The van der Waals surface area contributed by atoms with Crippen LogP contribution in [0.1, 0.15) is 61.9 Å². The second-order valence-corrected chi connectivity index (χ2v) is 11.2. The third kappa shape index (κ3) is 4.40. The molecule has 1 saturated heterocycles. The number of hydrogen-bond acceptors (Lipinski definition) is 7. The molecular weight excluding hydrogens is 458 g/mol. The van der Waals surface area contributed by atoms with Crippen LogP contribution in [0.5, 0.6) is 5.88 Å². The van der Waals surface area contributed by atoms with Gasteiger partial charge < -0.3 is 25.4 Å². The molecule has 4 bridgehead atoms. The number of nitrogens with one attached hydrogen (secondary N) is 2. The van der Waals surface area contributed by atoms with Crippen molar-refractivity contribution >= 4 is 17.8 Å². The van der Waals surface area contributed by atoms with Crippen LogP contribution in [0.25, 0.3) is 0 Å². The number of pyridine rings is 2. The van der Waals surface area contributed by atoms with Crippen molar-refractivity contribution in [3.05, 3.63) is 48.3 Å². The summed E-state index contributed by atoms with van der Waals surface area (Å²) in [5.41, 5.74) is -0.311. The average molecular weight is 492 g/mol. The number of hydrogen-bond donors (Lipinski definition) is 3. The van der Waals surface area contributed by atoms with Gasteiger partial charge in [0.2, 0.25) is 5.88 Å². The van der Waals surface area contributed by atoms with Crippen LogP contribution < -0.4 is 20.3 Å². The molecule has 5 fully saturated rings. The Morgan fingerprint density at radius 3 is 2.56 bits per heavy atom. The lowest BCUT2D eigenvalue weighted by molar-refractivity contribution is -0.0450. The first-order chi connectivity index (χ1) is 17.4. The Hall–Kier alpha value is -3.20. The number of amides is 2. The lowest BCUT2D eigenvalue weighted by atomic mass is 9.50. The normalized spacial score (nSPS) is 32.4. The molecule has 0 aromatic carbocycles. The Labute approximate surface area is 210 Å². The molecular formula is C27H33N5O4. The highest BCUT2D eigenvalue weighted by molar-refractivity contribution is 5.92. The van der Waals surface area contributed by atoms with Crippen LogP contribution in [0.15, 0.2) is 42.6 Å². The van der Waals surface area contributed by atoms with Gasteiger partial charge in [-0.2, -0.15) is 4.98 Å².